The number of fused-ring (bicyclic) bond motifs is 2. The van der Waals surface area contributed by atoms with Crippen LogP contribution < -0.4 is 16.0 Å². The summed E-state index contributed by atoms with van der Waals surface area (Å²) in [7, 11) is 1.49. The summed E-state index contributed by atoms with van der Waals surface area (Å²) in [6, 6.07) is 10.2. The van der Waals surface area contributed by atoms with Crippen molar-refractivity contribution < 1.29 is 19.3 Å². The van der Waals surface area contributed by atoms with Gasteiger partial charge in [-0.2, -0.15) is 10.2 Å². The zero-order valence-corrected chi connectivity index (χ0v) is 21.4. The van der Waals surface area contributed by atoms with Crippen LogP contribution in [0.25, 0.3) is 27.8 Å². The molecule has 0 spiro atoms. The van der Waals surface area contributed by atoms with Gasteiger partial charge in [0.25, 0.3) is 5.56 Å². The van der Waals surface area contributed by atoms with Crippen molar-refractivity contribution in [2.24, 2.45) is 0 Å². The highest BCUT2D eigenvalue weighted by Gasteiger charge is 2.21. The van der Waals surface area contributed by atoms with Crippen LogP contribution in [0.4, 0.5) is 10.2 Å². The number of ether oxygens (including phenoxy) is 1. The second-order valence-corrected chi connectivity index (χ2v) is 9.26. The molecule has 0 saturated carbocycles. The summed E-state index contributed by atoms with van der Waals surface area (Å²) in [5.41, 5.74) is 8.32. The number of anilines is 1. The molecular weight excluding hydrogens is 519 g/mol. The van der Waals surface area contributed by atoms with Gasteiger partial charge in [-0.25, -0.2) is 23.6 Å². The monoisotopic (exact) mass is 542 g/mol. The minimum atomic E-state index is -0.656. The Morgan fingerprint density at radius 1 is 1.05 bits per heavy atom. The van der Waals surface area contributed by atoms with Crippen molar-refractivity contribution in [2.45, 2.75) is 20.0 Å². The van der Waals surface area contributed by atoms with E-state index in [4.69, 9.17) is 10.5 Å². The Labute approximate surface area is 225 Å². The zero-order chi connectivity index (χ0) is 28.1. The number of nitrogens with zero attached hydrogens (tertiary/aromatic N) is 7. The number of hydrogen-bond donors (Lipinski definition) is 3. The van der Waals surface area contributed by atoms with Gasteiger partial charge in [-0.05, 0) is 42.8 Å². The Morgan fingerprint density at radius 2 is 1.88 bits per heavy atom. The fraction of sp³-hybridized carbons (Fsp3) is 0.148. The standard InChI is InChI=1S/C27H23FN8O4/c1-14-5-6-35-24(14)27(39)34(11-15-3-4-19(40-2)10-20(15)38)21(32-35)12-36-26-22(25(29)30-13-31-26)23(33-36)16-7-17(28)9-18(37)8-16/h3-10,13,37-38H,11-12H2,1-2H3,(H2,29,30,31). The van der Waals surface area contributed by atoms with Crippen molar-refractivity contribution >= 4 is 22.4 Å². The van der Waals surface area contributed by atoms with Crippen molar-refractivity contribution in [3.05, 3.63) is 88.1 Å². The first-order valence-corrected chi connectivity index (χ1v) is 12.1. The molecule has 0 saturated heterocycles. The van der Waals surface area contributed by atoms with Gasteiger partial charge in [0.1, 0.15) is 53.0 Å². The fourth-order valence-corrected chi connectivity index (χ4v) is 4.73. The molecule has 0 amide bonds. The summed E-state index contributed by atoms with van der Waals surface area (Å²) in [6.45, 7) is 1.79. The van der Waals surface area contributed by atoms with Crippen LogP contribution in [-0.4, -0.2) is 51.3 Å². The summed E-state index contributed by atoms with van der Waals surface area (Å²) in [5, 5.41) is 30.3. The Bertz CT molecular complexity index is 1970. The maximum atomic E-state index is 14.2. The normalized spacial score (nSPS) is 11.5. The molecule has 13 heteroatoms. The van der Waals surface area contributed by atoms with Crippen molar-refractivity contribution in [1.29, 1.82) is 0 Å². The Hall–Kier alpha value is -5.46. The first-order chi connectivity index (χ1) is 19.2. The molecule has 0 radical (unpaired) electrons. The molecule has 4 heterocycles. The first kappa shape index (κ1) is 24.9. The predicted molar refractivity (Wildman–Crippen MR) is 144 cm³/mol. The van der Waals surface area contributed by atoms with E-state index in [0.717, 1.165) is 11.6 Å². The topological polar surface area (TPSA) is 159 Å². The summed E-state index contributed by atoms with van der Waals surface area (Å²) in [6.07, 6.45) is 2.96. The van der Waals surface area contributed by atoms with Gasteiger partial charge >= 0.3 is 0 Å². The molecule has 4 aromatic heterocycles. The van der Waals surface area contributed by atoms with Gasteiger partial charge in [0, 0.05) is 29.5 Å². The van der Waals surface area contributed by atoms with Gasteiger partial charge < -0.3 is 20.7 Å². The number of nitrogen functional groups attached to an aromatic ring is 1. The lowest BCUT2D eigenvalue weighted by Gasteiger charge is -2.15. The van der Waals surface area contributed by atoms with Gasteiger partial charge in [-0.3, -0.25) is 9.36 Å². The quantitative estimate of drug-likeness (QED) is 0.288. The molecule has 0 atom stereocenters. The van der Waals surface area contributed by atoms with Gasteiger partial charge in [0.05, 0.1) is 19.0 Å². The van der Waals surface area contributed by atoms with Crippen molar-refractivity contribution in [2.75, 3.05) is 12.8 Å². The lowest BCUT2D eigenvalue weighted by molar-refractivity contribution is 0.405. The molecule has 6 aromatic rings. The SMILES string of the molecule is COc1ccc(Cn2c(Cn3nc(-c4cc(O)cc(F)c4)c4c(N)ncnc43)nn3ccc(C)c3c2=O)c(O)c1. The minimum absolute atomic E-state index is 0.0130. The first-order valence-electron chi connectivity index (χ1n) is 12.1. The third-order valence-electron chi connectivity index (χ3n) is 6.68. The Balaban J connectivity index is 1.54. The van der Waals surface area contributed by atoms with Crippen LogP contribution in [0.5, 0.6) is 17.2 Å². The highest BCUT2D eigenvalue weighted by atomic mass is 19.1. The number of phenolic OH excluding ortho intramolecular Hbond substituents is 2. The third-order valence-corrected chi connectivity index (χ3v) is 6.68. The van der Waals surface area contributed by atoms with Crippen LogP contribution in [0.15, 0.2) is 59.8 Å². The van der Waals surface area contributed by atoms with E-state index in [1.807, 2.05) is 6.92 Å². The number of phenols is 2. The third kappa shape index (κ3) is 4.13. The molecule has 0 aliphatic rings. The lowest BCUT2D eigenvalue weighted by Crippen LogP contribution is -2.29. The molecule has 0 aliphatic carbocycles. The van der Waals surface area contributed by atoms with Gasteiger partial charge in [0.15, 0.2) is 11.5 Å². The van der Waals surface area contributed by atoms with E-state index < -0.39 is 5.82 Å². The number of nitrogens with two attached hydrogens (primary N) is 1. The number of aromatic nitrogens is 7. The molecule has 0 unspecified atom stereocenters. The van der Waals surface area contributed by atoms with Crippen molar-refractivity contribution in [3.8, 4) is 28.5 Å². The van der Waals surface area contributed by atoms with Crippen LogP contribution >= 0.6 is 0 Å². The molecule has 2 aromatic carbocycles. The smallest absolute Gasteiger partial charge is 0.278 e. The largest absolute Gasteiger partial charge is 0.508 e. The van der Waals surface area contributed by atoms with Crippen LogP contribution in [0.2, 0.25) is 0 Å². The predicted octanol–water partition coefficient (Wildman–Crippen LogP) is 2.85. The number of methoxy groups -OCH3 is 1. The number of halogens is 1. The average molecular weight is 543 g/mol. The van der Waals surface area contributed by atoms with Gasteiger partial charge in [-0.1, -0.05) is 0 Å². The summed E-state index contributed by atoms with van der Waals surface area (Å²) in [4.78, 5) is 22.1. The molecule has 6 rings (SSSR count). The van der Waals surface area contributed by atoms with E-state index in [0.29, 0.717) is 33.7 Å². The van der Waals surface area contributed by atoms with E-state index in [9.17, 15) is 19.4 Å². The van der Waals surface area contributed by atoms with Crippen LogP contribution in [0.3, 0.4) is 0 Å². The molecule has 0 aliphatic heterocycles. The summed E-state index contributed by atoms with van der Waals surface area (Å²) in [5.74, 6) is -0.0882. The molecule has 12 nitrogen and oxygen atoms in total. The van der Waals surface area contributed by atoms with E-state index in [2.05, 4.69) is 20.2 Å². The van der Waals surface area contributed by atoms with Crippen LogP contribution in [0.1, 0.15) is 17.0 Å². The zero-order valence-electron chi connectivity index (χ0n) is 21.4. The number of benzene rings is 2. The van der Waals surface area contributed by atoms with E-state index in [1.165, 1.54) is 45.4 Å². The number of hydrogen-bond acceptors (Lipinski definition) is 9. The molecule has 4 N–H and O–H groups in total. The summed E-state index contributed by atoms with van der Waals surface area (Å²) >= 11 is 0. The van der Waals surface area contributed by atoms with Crippen LogP contribution in [0, 0.1) is 12.7 Å². The molecule has 202 valence electrons. The number of aryl methyl sites for hydroxylation is 1. The van der Waals surface area contributed by atoms with E-state index in [1.54, 1.807) is 24.4 Å². The highest BCUT2D eigenvalue weighted by molar-refractivity contribution is 5.98. The number of rotatable bonds is 6. The lowest BCUT2D eigenvalue weighted by atomic mass is 10.1. The maximum Gasteiger partial charge on any atom is 0.278 e. The Kier molecular flexibility index (Phi) is 5.83. The fourth-order valence-electron chi connectivity index (χ4n) is 4.73. The van der Waals surface area contributed by atoms with Crippen LogP contribution in [-0.2, 0) is 13.1 Å². The number of aromatic hydroxyl groups is 2. The van der Waals surface area contributed by atoms with Gasteiger partial charge in [-0.15, -0.1) is 0 Å². The van der Waals surface area contributed by atoms with E-state index >= 15 is 0 Å². The molecular formula is C27H23FN8O4. The van der Waals surface area contributed by atoms with Crippen molar-refractivity contribution in [3.63, 3.8) is 0 Å². The minimum Gasteiger partial charge on any atom is -0.508 e. The molecule has 0 bridgehead atoms. The van der Waals surface area contributed by atoms with E-state index in [-0.39, 0.29) is 47.2 Å². The van der Waals surface area contributed by atoms with Crippen molar-refractivity contribution in [1.82, 2.24) is 33.9 Å². The maximum absolute atomic E-state index is 14.2. The average Bonchev–Trinajstić information content (AvgIpc) is 3.48. The van der Waals surface area contributed by atoms with Gasteiger partial charge in [0.2, 0.25) is 0 Å². The second-order valence-electron chi connectivity index (χ2n) is 9.26. The Morgan fingerprint density at radius 3 is 2.62 bits per heavy atom. The second kappa shape index (κ2) is 9.38. The highest BCUT2D eigenvalue weighted by Crippen LogP contribution is 2.33. The molecule has 0 fully saturated rings. The summed E-state index contributed by atoms with van der Waals surface area (Å²) < 4.78 is 23.8. The molecule has 40 heavy (non-hydrogen) atoms.